The predicted octanol–water partition coefficient (Wildman–Crippen LogP) is 3.68. The maximum Gasteiger partial charge on any atom is 0.262 e. The van der Waals surface area contributed by atoms with E-state index in [1.54, 1.807) is 18.2 Å². The van der Waals surface area contributed by atoms with E-state index in [4.69, 9.17) is 9.15 Å². The van der Waals surface area contributed by atoms with Gasteiger partial charge >= 0.3 is 0 Å². The van der Waals surface area contributed by atoms with Gasteiger partial charge < -0.3 is 14.5 Å². The number of hydrogen-bond acceptors (Lipinski definition) is 5. The lowest BCUT2D eigenvalue weighted by Gasteiger charge is -2.10. The smallest absolute Gasteiger partial charge is 0.262 e. The molecule has 7 nitrogen and oxygen atoms in total. The Morgan fingerprint density at radius 3 is 2.69 bits per heavy atom. The number of sulfonamides is 1. The van der Waals surface area contributed by atoms with Crippen LogP contribution in [0.3, 0.4) is 0 Å². The first-order valence-corrected chi connectivity index (χ1v) is 10.6. The molecular weight excluding hydrogens is 467 g/mol. The van der Waals surface area contributed by atoms with Gasteiger partial charge in [-0.15, -0.1) is 0 Å². The Balaban J connectivity index is 1.60. The van der Waals surface area contributed by atoms with Gasteiger partial charge in [-0.1, -0.05) is 6.07 Å². The average Bonchev–Trinajstić information content (AvgIpc) is 3.20. The minimum Gasteiger partial charge on any atom is -0.483 e. The summed E-state index contributed by atoms with van der Waals surface area (Å²) < 4.78 is 51.1. The number of ether oxygens (including phenoxy) is 1. The second-order valence-corrected chi connectivity index (χ2v) is 8.46. The van der Waals surface area contributed by atoms with Gasteiger partial charge in [0.2, 0.25) is 10.0 Å². The molecule has 3 rings (SSSR count). The highest BCUT2D eigenvalue weighted by molar-refractivity contribution is 9.10. The first kappa shape index (κ1) is 21.0. The molecule has 0 aliphatic rings. The Bertz CT molecular complexity index is 1100. The molecule has 3 aromatic rings. The van der Waals surface area contributed by atoms with Gasteiger partial charge in [0.15, 0.2) is 6.61 Å². The van der Waals surface area contributed by atoms with Gasteiger partial charge in [0.05, 0.1) is 22.2 Å². The summed E-state index contributed by atoms with van der Waals surface area (Å²) in [4.78, 5) is 12.1. The summed E-state index contributed by atoms with van der Waals surface area (Å²) >= 11 is 3.15. The van der Waals surface area contributed by atoms with E-state index in [0.29, 0.717) is 16.0 Å². The number of hydrogen-bond donors (Lipinski definition) is 2. The number of carbonyl (C=O) groups excluding carboxylic acids is 1. The van der Waals surface area contributed by atoms with Gasteiger partial charge in [-0.3, -0.25) is 4.79 Å². The molecule has 2 N–H and O–H groups in total. The molecular formula is C19H16BrFN2O5S. The highest BCUT2D eigenvalue weighted by Gasteiger charge is 2.15. The second kappa shape index (κ2) is 9.21. The Morgan fingerprint density at radius 1 is 1.14 bits per heavy atom. The molecule has 10 heteroatoms. The summed E-state index contributed by atoms with van der Waals surface area (Å²) in [6.45, 7) is -0.329. The van der Waals surface area contributed by atoms with E-state index < -0.39 is 21.7 Å². The molecule has 0 radical (unpaired) electrons. The summed E-state index contributed by atoms with van der Waals surface area (Å²) in [5, 5.41) is 2.56. The summed E-state index contributed by atoms with van der Waals surface area (Å²) in [6.07, 6.45) is 1.45. The van der Waals surface area contributed by atoms with Gasteiger partial charge in [0.25, 0.3) is 5.91 Å². The van der Waals surface area contributed by atoms with Crippen LogP contribution in [0.4, 0.5) is 10.1 Å². The molecule has 152 valence electrons. The van der Waals surface area contributed by atoms with Crippen LogP contribution in [0.25, 0.3) is 0 Å². The molecule has 0 bridgehead atoms. The van der Waals surface area contributed by atoms with Crippen LogP contribution in [0.5, 0.6) is 5.75 Å². The van der Waals surface area contributed by atoms with Crippen molar-refractivity contribution in [1.29, 1.82) is 0 Å². The Kier molecular flexibility index (Phi) is 6.68. The van der Waals surface area contributed by atoms with Crippen molar-refractivity contribution in [3.8, 4) is 5.75 Å². The van der Waals surface area contributed by atoms with Crippen LogP contribution >= 0.6 is 15.9 Å². The van der Waals surface area contributed by atoms with Crippen LogP contribution in [-0.2, 0) is 21.4 Å². The lowest BCUT2D eigenvalue weighted by Crippen LogP contribution is -2.24. The number of rotatable bonds is 8. The molecule has 0 atom stereocenters. The minimum atomic E-state index is -3.79. The number of furan rings is 1. The molecule has 0 aliphatic carbocycles. The third-order valence-electron chi connectivity index (χ3n) is 3.70. The number of anilines is 1. The zero-order valence-electron chi connectivity index (χ0n) is 14.9. The summed E-state index contributed by atoms with van der Waals surface area (Å²) in [7, 11) is -3.79. The molecule has 0 unspecified atom stereocenters. The summed E-state index contributed by atoms with van der Waals surface area (Å²) in [5.41, 5.74) is 0.289. The molecule has 0 spiro atoms. The van der Waals surface area contributed by atoms with Crippen molar-refractivity contribution in [2.24, 2.45) is 0 Å². The molecule has 1 amide bonds. The van der Waals surface area contributed by atoms with Crippen molar-refractivity contribution in [3.63, 3.8) is 0 Å². The van der Waals surface area contributed by atoms with Crippen molar-refractivity contribution in [1.82, 2.24) is 4.72 Å². The normalized spacial score (nSPS) is 11.2. The van der Waals surface area contributed by atoms with Crippen molar-refractivity contribution >= 4 is 37.5 Å². The van der Waals surface area contributed by atoms with Crippen LogP contribution < -0.4 is 14.8 Å². The molecule has 0 saturated heterocycles. The van der Waals surface area contributed by atoms with Crippen molar-refractivity contribution in [3.05, 3.63) is 76.9 Å². The fourth-order valence-electron chi connectivity index (χ4n) is 2.34. The van der Waals surface area contributed by atoms with Crippen molar-refractivity contribution < 1.29 is 26.8 Å². The topological polar surface area (TPSA) is 97.6 Å². The Hall–Kier alpha value is -2.69. The number of carbonyl (C=O) groups is 1. The van der Waals surface area contributed by atoms with Crippen molar-refractivity contribution in [2.75, 3.05) is 11.9 Å². The summed E-state index contributed by atoms with van der Waals surface area (Å²) in [6, 6.07) is 12.9. The van der Waals surface area contributed by atoms with E-state index in [9.17, 15) is 17.6 Å². The van der Waals surface area contributed by atoms with Crippen LogP contribution in [0.15, 0.2) is 74.6 Å². The van der Waals surface area contributed by atoms with Crippen LogP contribution in [0, 0.1) is 5.82 Å². The molecule has 0 aliphatic heterocycles. The minimum absolute atomic E-state index is 0.00626. The third kappa shape index (κ3) is 5.89. The van der Waals surface area contributed by atoms with Gasteiger partial charge in [-0.25, -0.2) is 17.5 Å². The fourth-order valence-corrected chi connectivity index (χ4v) is 3.84. The number of benzene rings is 2. The van der Waals surface area contributed by atoms with Gasteiger partial charge in [-0.2, -0.15) is 0 Å². The third-order valence-corrected chi connectivity index (χ3v) is 5.72. The maximum absolute atomic E-state index is 13.1. The lowest BCUT2D eigenvalue weighted by molar-refractivity contribution is -0.118. The average molecular weight is 483 g/mol. The van der Waals surface area contributed by atoms with Gasteiger partial charge in [0.1, 0.15) is 17.3 Å². The van der Waals surface area contributed by atoms with E-state index in [0.717, 1.165) is 0 Å². The quantitative estimate of drug-likeness (QED) is 0.510. The maximum atomic E-state index is 13.1. The van der Waals surface area contributed by atoms with Crippen LogP contribution in [0.2, 0.25) is 0 Å². The molecule has 0 saturated carbocycles. The van der Waals surface area contributed by atoms with E-state index in [2.05, 4.69) is 26.0 Å². The second-order valence-electron chi connectivity index (χ2n) is 5.84. The van der Waals surface area contributed by atoms with E-state index in [-0.39, 0.29) is 23.7 Å². The first-order valence-electron chi connectivity index (χ1n) is 8.33. The molecule has 1 heterocycles. The monoisotopic (exact) mass is 482 g/mol. The van der Waals surface area contributed by atoms with Gasteiger partial charge in [-0.05, 0) is 64.5 Å². The zero-order valence-corrected chi connectivity index (χ0v) is 17.3. The SMILES string of the molecule is O=C(COc1ccc(F)cc1Br)Nc1cccc(S(=O)(=O)NCc2ccco2)c1. The highest BCUT2D eigenvalue weighted by atomic mass is 79.9. The van der Waals surface area contributed by atoms with E-state index in [1.807, 2.05) is 0 Å². The molecule has 29 heavy (non-hydrogen) atoms. The summed E-state index contributed by atoms with van der Waals surface area (Å²) in [5.74, 6) is -0.159. The Labute approximate surface area is 175 Å². The molecule has 2 aromatic carbocycles. The molecule has 1 aromatic heterocycles. The van der Waals surface area contributed by atoms with E-state index in [1.165, 1.54) is 42.7 Å². The number of halogens is 2. The first-order chi connectivity index (χ1) is 13.8. The van der Waals surface area contributed by atoms with Crippen LogP contribution in [0.1, 0.15) is 5.76 Å². The predicted molar refractivity (Wildman–Crippen MR) is 107 cm³/mol. The van der Waals surface area contributed by atoms with Gasteiger partial charge in [0, 0.05) is 5.69 Å². The molecule has 0 fully saturated rings. The van der Waals surface area contributed by atoms with E-state index >= 15 is 0 Å². The standard InChI is InChI=1S/C19H16BrFN2O5S/c20-17-9-13(21)6-7-18(17)28-12-19(24)23-14-3-1-5-16(10-14)29(25,26)22-11-15-4-2-8-27-15/h1-10,22H,11-12H2,(H,23,24). The zero-order chi connectivity index (χ0) is 20.9. The number of nitrogens with one attached hydrogen (secondary N) is 2. The fraction of sp³-hybridized carbons (Fsp3) is 0.105. The highest BCUT2D eigenvalue weighted by Crippen LogP contribution is 2.25. The number of amides is 1. The van der Waals surface area contributed by atoms with Crippen molar-refractivity contribution in [2.45, 2.75) is 11.4 Å². The van der Waals surface area contributed by atoms with Crippen LogP contribution in [-0.4, -0.2) is 20.9 Å². The Morgan fingerprint density at radius 2 is 1.97 bits per heavy atom. The largest absolute Gasteiger partial charge is 0.483 e. The lowest BCUT2D eigenvalue weighted by atomic mass is 10.3.